The van der Waals surface area contributed by atoms with Crippen molar-refractivity contribution < 1.29 is 0 Å². The molecule has 17 heavy (non-hydrogen) atoms. The Labute approximate surface area is 108 Å². The summed E-state index contributed by atoms with van der Waals surface area (Å²) in [5.41, 5.74) is 7.08. The van der Waals surface area contributed by atoms with Crippen LogP contribution < -0.4 is 5.73 Å². The van der Waals surface area contributed by atoms with Crippen LogP contribution in [-0.2, 0) is 0 Å². The monoisotopic (exact) mass is 240 g/mol. The highest BCUT2D eigenvalue weighted by atomic mass is 15.2. The van der Waals surface area contributed by atoms with E-state index in [1.807, 2.05) is 0 Å². The summed E-state index contributed by atoms with van der Waals surface area (Å²) in [6.45, 7) is 12.7. The van der Waals surface area contributed by atoms with E-state index in [0.29, 0.717) is 22.9 Å². The number of hydrogen-bond acceptors (Lipinski definition) is 2. The molecular formula is C15H32N2. The van der Waals surface area contributed by atoms with Gasteiger partial charge in [0.05, 0.1) is 0 Å². The first-order valence-corrected chi connectivity index (χ1v) is 7.17. The van der Waals surface area contributed by atoms with Crippen LogP contribution >= 0.6 is 0 Å². The third-order valence-electron chi connectivity index (χ3n) is 5.21. The first-order chi connectivity index (χ1) is 7.70. The molecule has 2 atom stereocenters. The fourth-order valence-corrected chi connectivity index (χ4v) is 2.88. The van der Waals surface area contributed by atoms with Crippen LogP contribution in [0.25, 0.3) is 0 Å². The third-order valence-corrected chi connectivity index (χ3v) is 5.21. The van der Waals surface area contributed by atoms with Crippen molar-refractivity contribution in [3.05, 3.63) is 0 Å². The lowest BCUT2D eigenvalue weighted by molar-refractivity contribution is 0.0688. The minimum absolute atomic E-state index is 0.293. The minimum Gasteiger partial charge on any atom is -0.327 e. The Kier molecular flexibility index (Phi) is 4.65. The van der Waals surface area contributed by atoms with Crippen molar-refractivity contribution in [3.8, 4) is 0 Å². The molecule has 0 radical (unpaired) electrons. The standard InChI is InChI=1S/C15H32N2/c1-7-15(4,5)17(6)11-12-9-8-10-14(2,3)13(12)16/h12-13H,7-11,16H2,1-6H3. The van der Waals surface area contributed by atoms with Crippen molar-refractivity contribution >= 4 is 0 Å². The number of nitrogens with two attached hydrogens (primary N) is 1. The summed E-state index contributed by atoms with van der Waals surface area (Å²) in [6.07, 6.45) is 5.11. The van der Waals surface area contributed by atoms with Gasteiger partial charge in [0.25, 0.3) is 0 Å². The molecule has 1 fully saturated rings. The van der Waals surface area contributed by atoms with E-state index >= 15 is 0 Å². The van der Waals surface area contributed by atoms with Crippen LogP contribution in [0.2, 0.25) is 0 Å². The van der Waals surface area contributed by atoms with Crippen molar-refractivity contribution in [2.75, 3.05) is 13.6 Å². The molecule has 0 heterocycles. The van der Waals surface area contributed by atoms with Crippen molar-refractivity contribution in [2.45, 2.75) is 71.9 Å². The van der Waals surface area contributed by atoms with Crippen LogP contribution in [0.5, 0.6) is 0 Å². The molecule has 2 heteroatoms. The molecule has 0 aliphatic heterocycles. The van der Waals surface area contributed by atoms with Crippen LogP contribution in [-0.4, -0.2) is 30.1 Å². The Morgan fingerprint density at radius 2 is 1.94 bits per heavy atom. The largest absolute Gasteiger partial charge is 0.327 e. The summed E-state index contributed by atoms with van der Waals surface area (Å²) in [5, 5.41) is 0. The first-order valence-electron chi connectivity index (χ1n) is 7.17. The van der Waals surface area contributed by atoms with Gasteiger partial charge in [-0.1, -0.05) is 27.2 Å². The lowest BCUT2D eigenvalue weighted by Gasteiger charge is -2.45. The highest BCUT2D eigenvalue weighted by Gasteiger charge is 2.37. The van der Waals surface area contributed by atoms with Crippen LogP contribution in [0.1, 0.15) is 60.3 Å². The molecule has 0 aromatic heterocycles. The number of hydrogen-bond donors (Lipinski definition) is 1. The molecule has 0 bridgehead atoms. The van der Waals surface area contributed by atoms with E-state index in [1.54, 1.807) is 0 Å². The predicted octanol–water partition coefficient (Wildman–Crippen LogP) is 3.26. The van der Waals surface area contributed by atoms with Gasteiger partial charge in [0.15, 0.2) is 0 Å². The van der Waals surface area contributed by atoms with Gasteiger partial charge in [-0.2, -0.15) is 0 Å². The lowest BCUT2D eigenvalue weighted by atomic mass is 9.68. The fourth-order valence-electron chi connectivity index (χ4n) is 2.88. The van der Waals surface area contributed by atoms with Gasteiger partial charge in [0, 0.05) is 18.1 Å². The highest BCUT2D eigenvalue weighted by molar-refractivity contribution is 4.93. The van der Waals surface area contributed by atoms with Gasteiger partial charge in [-0.15, -0.1) is 0 Å². The molecule has 1 aliphatic carbocycles. The molecule has 2 nitrogen and oxygen atoms in total. The van der Waals surface area contributed by atoms with Gasteiger partial charge in [-0.25, -0.2) is 0 Å². The van der Waals surface area contributed by atoms with E-state index in [9.17, 15) is 0 Å². The molecule has 0 aromatic carbocycles. The maximum absolute atomic E-state index is 6.46. The van der Waals surface area contributed by atoms with E-state index < -0.39 is 0 Å². The fraction of sp³-hybridized carbons (Fsp3) is 1.00. The highest BCUT2D eigenvalue weighted by Crippen LogP contribution is 2.38. The minimum atomic E-state index is 0.293. The van der Waals surface area contributed by atoms with Crippen LogP contribution in [0.3, 0.4) is 0 Å². The SMILES string of the molecule is CCC(C)(C)N(C)CC1CCCC(C)(C)C1N. The molecule has 1 aliphatic rings. The zero-order valence-electron chi connectivity index (χ0n) is 12.7. The topological polar surface area (TPSA) is 29.3 Å². The molecule has 102 valence electrons. The molecule has 2 N–H and O–H groups in total. The predicted molar refractivity (Wildman–Crippen MR) is 76.1 cm³/mol. The summed E-state index contributed by atoms with van der Waals surface area (Å²) >= 11 is 0. The average Bonchev–Trinajstić information content (AvgIpc) is 2.24. The Bertz CT molecular complexity index is 245. The second-order valence-corrected chi connectivity index (χ2v) is 7.21. The Morgan fingerprint density at radius 3 is 2.47 bits per heavy atom. The first kappa shape index (κ1) is 15.0. The van der Waals surface area contributed by atoms with E-state index in [2.05, 4.69) is 46.6 Å². The molecule has 1 saturated carbocycles. The Balaban J connectivity index is 2.62. The zero-order valence-corrected chi connectivity index (χ0v) is 12.7. The summed E-state index contributed by atoms with van der Waals surface area (Å²) in [4.78, 5) is 2.50. The maximum Gasteiger partial charge on any atom is 0.0147 e. The normalized spacial score (nSPS) is 29.6. The van der Waals surface area contributed by atoms with Crippen LogP contribution in [0, 0.1) is 11.3 Å². The zero-order chi connectivity index (χ0) is 13.3. The van der Waals surface area contributed by atoms with E-state index in [4.69, 9.17) is 5.73 Å². The molecule has 0 saturated heterocycles. The van der Waals surface area contributed by atoms with Gasteiger partial charge < -0.3 is 10.6 Å². The van der Waals surface area contributed by atoms with E-state index in [0.717, 1.165) is 6.54 Å². The van der Waals surface area contributed by atoms with Gasteiger partial charge in [-0.05, 0) is 51.5 Å². The van der Waals surface area contributed by atoms with Crippen molar-refractivity contribution in [2.24, 2.45) is 17.1 Å². The quantitative estimate of drug-likeness (QED) is 0.817. The van der Waals surface area contributed by atoms with Crippen molar-refractivity contribution in [3.63, 3.8) is 0 Å². The summed E-state index contributed by atoms with van der Waals surface area (Å²) in [7, 11) is 2.25. The third kappa shape index (κ3) is 3.45. The smallest absolute Gasteiger partial charge is 0.0147 e. The van der Waals surface area contributed by atoms with Crippen molar-refractivity contribution in [1.29, 1.82) is 0 Å². The Morgan fingerprint density at radius 1 is 1.35 bits per heavy atom. The van der Waals surface area contributed by atoms with Gasteiger partial charge >= 0.3 is 0 Å². The van der Waals surface area contributed by atoms with Gasteiger partial charge in [-0.3, -0.25) is 0 Å². The Hall–Kier alpha value is -0.0800. The number of nitrogens with zero attached hydrogens (tertiary/aromatic N) is 1. The maximum atomic E-state index is 6.46. The second kappa shape index (κ2) is 5.27. The molecule has 0 amide bonds. The molecule has 0 spiro atoms. The number of rotatable bonds is 4. The average molecular weight is 240 g/mol. The van der Waals surface area contributed by atoms with Gasteiger partial charge in [0.1, 0.15) is 0 Å². The summed E-state index contributed by atoms with van der Waals surface area (Å²) < 4.78 is 0. The van der Waals surface area contributed by atoms with Gasteiger partial charge in [0.2, 0.25) is 0 Å². The molecular weight excluding hydrogens is 208 g/mol. The molecule has 0 aromatic rings. The van der Waals surface area contributed by atoms with E-state index in [-0.39, 0.29) is 0 Å². The molecule has 2 unspecified atom stereocenters. The van der Waals surface area contributed by atoms with E-state index in [1.165, 1.54) is 25.7 Å². The lowest BCUT2D eigenvalue weighted by Crippen LogP contribution is -2.52. The van der Waals surface area contributed by atoms with Crippen LogP contribution in [0.4, 0.5) is 0 Å². The van der Waals surface area contributed by atoms with Crippen molar-refractivity contribution in [1.82, 2.24) is 4.90 Å². The molecule has 1 rings (SSSR count). The van der Waals surface area contributed by atoms with Crippen LogP contribution in [0.15, 0.2) is 0 Å². The second-order valence-electron chi connectivity index (χ2n) is 7.21. The summed E-state index contributed by atoms with van der Waals surface area (Å²) in [6, 6.07) is 0.353. The summed E-state index contributed by atoms with van der Waals surface area (Å²) in [5.74, 6) is 0.662.